The van der Waals surface area contributed by atoms with Crippen molar-refractivity contribution < 1.29 is 22.0 Å². The Balaban J connectivity index is 0.00000529. The Morgan fingerprint density at radius 1 is 1.25 bits per heavy atom. The summed E-state index contributed by atoms with van der Waals surface area (Å²) < 4.78 is 47.5. The first-order valence-electron chi connectivity index (χ1n) is 7.41. The van der Waals surface area contributed by atoms with Gasteiger partial charge in [0, 0.05) is 12.6 Å². The topological polar surface area (TPSA) is 89.3 Å². The van der Waals surface area contributed by atoms with Crippen LogP contribution in [0.15, 0.2) is 29.2 Å². The third-order valence-electron chi connectivity index (χ3n) is 3.41. The highest BCUT2D eigenvalue weighted by atomic mass is 35.5. The van der Waals surface area contributed by atoms with Gasteiger partial charge in [-0.3, -0.25) is 4.79 Å². The van der Waals surface area contributed by atoms with E-state index in [0.29, 0.717) is 12.1 Å². The summed E-state index contributed by atoms with van der Waals surface area (Å²) >= 11 is 0. The Morgan fingerprint density at radius 3 is 2.29 bits per heavy atom. The average molecular weight is 385 g/mol. The van der Waals surface area contributed by atoms with Gasteiger partial charge in [-0.25, -0.2) is 8.42 Å². The van der Waals surface area contributed by atoms with Crippen molar-refractivity contribution in [2.75, 3.05) is 6.54 Å². The van der Waals surface area contributed by atoms with Crippen LogP contribution in [0.3, 0.4) is 0 Å². The number of alkyl halides is 2. The molecule has 0 aliphatic rings. The molecule has 1 atom stereocenters. The summed E-state index contributed by atoms with van der Waals surface area (Å²) in [4.78, 5) is 11.5. The summed E-state index contributed by atoms with van der Waals surface area (Å²) in [5.41, 5.74) is 6.14. The van der Waals surface area contributed by atoms with Crippen LogP contribution in [0.2, 0.25) is 0 Å². The molecule has 0 aromatic heterocycles. The number of hydrogen-bond acceptors (Lipinski definition) is 4. The highest BCUT2D eigenvalue weighted by Crippen LogP contribution is 2.18. The minimum Gasteiger partial charge on any atom is -0.352 e. The van der Waals surface area contributed by atoms with Crippen molar-refractivity contribution in [3.05, 3.63) is 29.8 Å². The van der Waals surface area contributed by atoms with Crippen LogP contribution in [-0.2, 0) is 21.1 Å². The van der Waals surface area contributed by atoms with Crippen molar-refractivity contribution in [2.45, 2.75) is 49.3 Å². The molecule has 0 radical (unpaired) electrons. The normalized spacial score (nSPS) is 12.5. The zero-order chi connectivity index (χ0) is 17.5. The molecule has 0 fully saturated rings. The van der Waals surface area contributed by atoms with Gasteiger partial charge in [-0.2, -0.15) is 8.78 Å². The first-order chi connectivity index (χ1) is 10.8. The standard InChI is InChI=1S/C15H22F2N2O3S.ClH/c1-2-3-4-12(10-18)19-14(20)9-11-5-7-13(8-6-11)23(21,22)15(16)17;/h5-8,12,15H,2-4,9-10,18H2,1H3,(H,19,20);1H. The van der Waals surface area contributed by atoms with Gasteiger partial charge in [0.1, 0.15) is 0 Å². The molecule has 0 aliphatic heterocycles. The van der Waals surface area contributed by atoms with Crippen molar-refractivity contribution in [3.63, 3.8) is 0 Å². The van der Waals surface area contributed by atoms with Crippen molar-refractivity contribution >= 4 is 28.2 Å². The molecule has 0 saturated heterocycles. The fourth-order valence-corrected chi connectivity index (χ4v) is 2.78. The van der Waals surface area contributed by atoms with Crippen molar-refractivity contribution in [2.24, 2.45) is 5.73 Å². The molecule has 5 nitrogen and oxygen atoms in total. The lowest BCUT2D eigenvalue weighted by Gasteiger charge is -2.16. The number of unbranched alkanes of at least 4 members (excludes halogenated alkanes) is 1. The molecule has 0 spiro atoms. The van der Waals surface area contributed by atoms with E-state index < -0.39 is 20.5 Å². The Morgan fingerprint density at radius 2 is 1.83 bits per heavy atom. The zero-order valence-corrected chi connectivity index (χ0v) is 15.0. The smallest absolute Gasteiger partial charge is 0.341 e. The number of carbonyl (C=O) groups is 1. The van der Waals surface area contributed by atoms with E-state index in [9.17, 15) is 22.0 Å². The molecule has 1 aromatic carbocycles. The molecule has 1 aromatic rings. The van der Waals surface area contributed by atoms with Crippen LogP contribution in [-0.4, -0.2) is 32.7 Å². The van der Waals surface area contributed by atoms with Crippen molar-refractivity contribution in [1.29, 1.82) is 0 Å². The lowest BCUT2D eigenvalue weighted by atomic mass is 10.1. The molecule has 9 heteroatoms. The second kappa shape index (κ2) is 10.6. The van der Waals surface area contributed by atoms with Gasteiger partial charge in [0.2, 0.25) is 15.7 Å². The molecule has 1 amide bonds. The number of sulfone groups is 1. The van der Waals surface area contributed by atoms with Gasteiger partial charge in [0.15, 0.2) is 0 Å². The van der Waals surface area contributed by atoms with Gasteiger partial charge in [0.05, 0.1) is 11.3 Å². The maximum atomic E-state index is 12.4. The fraction of sp³-hybridized carbons (Fsp3) is 0.533. The second-order valence-corrected chi connectivity index (χ2v) is 7.19. The predicted octanol–water partition coefficient (Wildman–Crippen LogP) is 2.28. The number of halogens is 3. The Labute approximate surface area is 147 Å². The summed E-state index contributed by atoms with van der Waals surface area (Å²) in [6.07, 6.45) is 2.80. The predicted molar refractivity (Wildman–Crippen MR) is 91.1 cm³/mol. The molecule has 0 bridgehead atoms. The summed E-state index contributed by atoms with van der Waals surface area (Å²) in [6.45, 7) is 2.39. The first-order valence-corrected chi connectivity index (χ1v) is 8.96. The molecular formula is C15H23ClF2N2O3S. The molecule has 138 valence electrons. The summed E-state index contributed by atoms with van der Waals surface area (Å²) in [6, 6.07) is 4.79. The van der Waals surface area contributed by atoms with E-state index in [1.807, 2.05) is 6.92 Å². The lowest BCUT2D eigenvalue weighted by Crippen LogP contribution is -2.40. The largest absolute Gasteiger partial charge is 0.352 e. The Kier molecular flexibility index (Phi) is 10.0. The number of carbonyl (C=O) groups excluding carboxylic acids is 1. The minimum absolute atomic E-state index is 0. The molecule has 1 rings (SSSR count). The van der Waals surface area contributed by atoms with Gasteiger partial charge >= 0.3 is 5.76 Å². The highest BCUT2D eigenvalue weighted by molar-refractivity contribution is 7.91. The quantitative estimate of drug-likeness (QED) is 0.683. The van der Waals surface area contributed by atoms with Crippen LogP contribution >= 0.6 is 12.4 Å². The number of benzene rings is 1. The summed E-state index contributed by atoms with van der Waals surface area (Å²) in [7, 11) is -4.61. The number of amides is 1. The summed E-state index contributed by atoms with van der Waals surface area (Å²) in [5, 5.41) is 2.81. The molecule has 0 heterocycles. The van der Waals surface area contributed by atoms with Gasteiger partial charge in [-0.1, -0.05) is 31.9 Å². The molecule has 1 unspecified atom stereocenters. The maximum absolute atomic E-state index is 12.4. The number of rotatable bonds is 9. The maximum Gasteiger partial charge on any atom is 0.341 e. The zero-order valence-electron chi connectivity index (χ0n) is 13.4. The monoisotopic (exact) mass is 384 g/mol. The van der Waals surface area contributed by atoms with E-state index in [0.717, 1.165) is 31.4 Å². The van der Waals surface area contributed by atoms with Gasteiger partial charge in [0.25, 0.3) is 0 Å². The van der Waals surface area contributed by atoms with Crippen LogP contribution in [0, 0.1) is 0 Å². The summed E-state index contributed by atoms with van der Waals surface area (Å²) in [5.74, 6) is -3.69. The van der Waals surface area contributed by atoms with Gasteiger partial charge in [-0.05, 0) is 24.1 Å². The van der Waals surface area contributed by atoms with E-state index in [-0.39, 0.29) is 30.8 Å². The lowest BCUT2D eigenvalue weighted by molar-refractivity contribution is -0.121. The van der Waals surface area contributed by atoms with Crippen LogP contribution < -0.4 is 11.1 Å². The van der Waals surface area contributed by atoms with Crippen molar-refractivity contribution in [1.82, 2.24) is 5.32 Å². The molecule has 3 N–H and O–H groups in total. The van der Waals surface area contributed by atoms with Crippen molar-refractivity contribution in [3.8, 4) is 0 Å². The highest BCUT2D eigenvalue weighted by Gasteiger charge is 2.26. The van der Waals surface area contributed by atoms with E-state index in [1.165, 1.54) is 12.1 Å². The fourth-order valence-electron chi connectivity index (χ4n) is 2.06. The Bertz CT molecular complexity index is 610. The van der Waals surface area contributed by atoms with E-state index >= 15 is 0 Å². The average Bonchev–Trinajstić information content (AvgIpc) is 2.51. The SMILES string of the molecule is CCCCC(CN)NC(=O)Cc1ccc(S(=O)(=O)C(F)F)cc1.Cl. The number of nitrogens with two attached hydrogens (primary N) is 1. The van der Waals surface area contributed by atoms with Crippen LogP contribution in [0.1, 0.15) is 31.7 Å². The third-order valence-corrected chi connectivity index (χ3v) is 4.81. The molecular weight excluding hydrogens is 362 g/mol. The number of nitrogens with one attached hydrogen (secondary N) is 1. The van der Waals surface area contributed by atoms with E-state index in [2.05, 4.69) is 5.32 Å². The third kappa shape index (κ3) is 6.70. The van der Waals surface area contributed by atoms with Crippen LogP contribution in [0.5, 0.6) is 0 Å². The Hall–Kier alpha value is -1.25. The van der Waals surface area contributed by atoms with Crippen LogP contribution in [0.4, 0.5) is 8.78 Å². The minimum atomic E-state index is -4.61. The molecule has 0 saturated carbocycles. The first kappa shape index (κ1) is 22.8. The van der Waals surface area contributed by atoms with Crippen LogP contribution in [0.25, 0.3) is 0 Å². The van der Waals surface area contributed by atoms with Gasteiger partial charge in [-0.15, -0.1) is 12.4 Å². The van der Waals surface area contributed by atoms with E-state index in [4.69, 9.17) is 5.73 Å². The number of hydrogen-bond donors (Lipinski definition) is 2. The van der Waals surface area contributed by atoms with E-state index in [1.54, 1.807) is 0 Å². The second-order valence-electron chi connectivity index (χ2n) is 5.27. The molecule has 0 aliphatic carbocycles. The molecule has 24 heavy (non-hydrogen) atoms. The van der Waals surface area contributed by atoms with Gasteiger partial charge < -0.3 is 11.1 Å².